The Hall–Kier alpha value is -3.25. The van der Waals surface area contributed by atoms with Crippen LogP contribution in [0.4, 0.5) is 0 Å². The van der Waals surface area contributed by atoms with Crippen molar-refractivity contribution in [3.05, 3.63) is 83.9 Å². The maximum absolute atomic E-state index is 12.5. The molecule has 0 bridgehead atoms. The number of unbranched alkanes of at least 4 members (excludes halogenated alkanes) is 1. The third-order valence-electron chi connectivity index (χ3n) is 6.58. The molecule has 202 valence electrons. The third-order valence-corrected chi connectivity index (χ3v) is 7.91. The van der Waals surface area contributed by atoms with Crippen LogP contribution in [-0.2, 0) is 16.0 Å². The largest absolute Gasteiger partial charge is 0.494 e. The first-order chi connectivity index (χ1) is 18.6. The Morgan fingerprint density at radius 2 is 1.55 bits per heavy atom. The lowest BCUT2D eigenvalue weighted by Crippen LogP contribution is -2.26. The van der Waals surface area contributed by atoms with Gasteiger partial charge in [-0.25, -0.2) is 0 Å². The molecule has 0 radical (unpaired) electrons. The van der Waals surface area contributed by atoms with Crippen LogP contribution in [-0.4, -0.2) is 24.1 Å². The average Bonchev–Trinajstić information content (AvgIpc) is 2.94. The number of rotatable bonds is 13. The van der Waals surface area contributed by atoms with E-state index in [1.54, 1.807) is 0 Å². The second-order valence-electron chi connectivity index (χ2n) is 9.50. The van der Waals surface area contributed by atoms with Gasteiger partial charge in [0.1, 0.15) is 23.0 Å². The molecular weight excluding hydrogens is 496 g/mol. The highest BCUT2D eigenvalue weighted by molar-refractivity contribution is 8.14. The molecular formula is C32H38O5S. The molecule has 1 fully saturated rings. The van der Waals surface area contributed by atoms with Crippen LogP contribution in [0.1, 0.15) is 63.8 Å². The Labute approximate surface area is 231 Å². The number of hydrogen-bond acceptors (Lipinski definition) is 6. The lowest BCUT2D eigenvalue weighted by molar-refractivity contribution is -0.125. The van der Waals surface area contributed by atoms with Crippen molar-refractivity contribution < 1.29 is 25.2 Å². The lowest BCUT2D eigenvalue weighted by Gasteiger charge is -2.25. The smallest absolute Gasteiger partial charge is 0.193 e. The summed E-state index contributed by atoms with van der Waals surface area (Å²) in [6.45, 7) is 5.32. The fourth-order valence-corrected chi connectivity index (χ4v) is 5.64. The van der Waals surface area contributed by atoms with E-state index in [2.05, 4.69) is 13.0 Å². The number of Topliss-reactive ketones (excluding diaryl/α,β-unsaturated/α-hetero) is 1. The van der Waals surface area contributed by atoms with Crippen LogP contribution < -0.4 is 14.2 Å². The minimum Gasteiger partial charge on any atom is -0.494 e. The first-order valence-corrected chi connectivity index (χ1v) is 14.4. The van der Waals surface area contributed by atoms with Gasteiger partial charge in [0.15, 0.2) is 10.9 Å². The number of hydrogen-bond donors (Lipinski definition) is 0. The summed E-state index contributed by atoms with van der Waals surface area (Å²) in [7, 11) is 0. The lowest BCUT2D eigenvalue weighted by atomic mass is 9.96. The fourth-order valence-electron chi connectivity index (χ4n) is 4.44. The van der Waals surface area contributed by atoms with Gasteiger partial charge in [-0.05, 0) is 79.3 Å². The van der Waals surface area contributed by atoms with Gasteiger partial charge in [-0.3, -0.25) is 9.59 Å². The molecule has 6 heteroatoms. The van der Waals surface area contributed by atoms with Gasteiger partial charge in [-0.2, -0.15) is 0 Å². The van der Waals surface area contributed by atoms with Crippen LogP contribution >= 0.6 is 11.8 Å². The zero-order chi connectivity index (χ0) is 26.7. The molecule has 0 saturated carbocycles. The molecule has 1 aliphatic rings. The van der Waals surface area contributed by atoms with Crippen molar-refractivity contribution in [2.45, 2.75) is 57.6 Å². The van der Waals surface area contributed by atoms with E-state index in [1.807, 2.05) is 73.7 Å². The molecule has 3 aromatic rings. The van der Waals surface area contributed by atoms with E-state index < -0.39 is 5.25 Å². The molecule has 3 aromatic carbocycles. The minimum absolute atomic E-state index is 0. The van der Waals surface area contributed by atoms with Gasteiger partial charge in [0.05, 0.1) is 18.5 Å². The number of para-hydroxylation sites is 1. The van der Waals surface area contributed by atoms with Crippen molar-refractivity contribution in [3.63, 3.8) is 0 Å². The van der Waals surface area contributed by atoms with E-state index in [9.17, 15) is 9.59 Å². The maximum atomic E-state index is 12.5. The van der Waals surface area contributed by atoms with Crippen molar-refractivity contribution in [1.82, 2.24) is 0 Å². The predicted molar refractivity (Wildman–Crippen MR) is 154 cm³/mol. The van der Waals surface area contributed by atoms with Crippen LogP contribution in [0.2, 0.25) is 0 Å². The van der Waals surface area contributed by atoms with E-state index in [0.717, 1.165) is 66.2 Å². The van der Waals surface area contributed by atoms with Crippen LogP contribution in [0.15, 0.2) is 72.8 Å². The fraction of sp³-hybridized carbons (Fsp3) is 0.375. The number of carbonyl (C=O) groups is 2. The quantitative estimate of drug-likeness (QED) is 0.206. The minimum atomic E-state index is -0.395. The summed E-state index contributed by atoms with van der Waals surface area (Å²) >= 11 is 1.17. The van der Waals surface area contributed by atoms with E-state index in [4.69, 9.17) is 14.2 Å². The van der Waals surface area contributed by atoms with E-state index in [1.165, 1.54) is 11.8 Å². The summed E-state index contributed by atoms with van der Waals surface area (Å²) in [5.74, 6) is 3.30. The molecule has 38 heavy (non-hydrogen) atoms. The van der Waals surface area contributed by atoms with Crippen molar-refractivity contribution in [2.75, 3.05) is 13.2 Å². The Kier molecular flexibility index (Phi) is 10.3. The Morgan fingerprint density at radius 1 is 0.842 bits per heavy atom. The molecule has 4 rings (SSSR count). The number of aryl methyl sites for hydroxylation is 1. The summed E-state index contributed by atoms with van der Waals surface area (Å²) < 4.78 is 18.0. The number of ketones is 1. The number of thioether (sulfide) groups is 1. The molecule has 2 atom stereocenters. The first kappa shape index (κ1) is 27.8. The van der Waals surface area contributed by atoms with Gasteiger partial charge in [0.2, 0.25) is 0 Å². The van der Waals surface area contributed by atoms with Crippen molar-refractivity contribution in [2.24, 2.45) is 5.92 Å². The second kappa shape index (κ2) is 14.1. The monoisotopic (exact) mass is 534 g/mol. The van der Waals surface area contributed by atoms with Crippen LogP contribution in [0.25, 0.3) is 0 Å². The van der Waals surface area contributed by atoms with Crippen LogP contribution in [0.5, 0.6) is 23.0 Å². The number of ether oxygens (including phenoxy) is 3. The number of benzene rings is 3. The highest BCUT2D eigenvalue weighted by Crippen LogP contribution is 2.40. The maximum Gasteiger partial charge on any atom is 0.193 e. The third kappa shape index (κ3) is 7.64. The van der Waals surface area contributed by atoms with Gasteiger partial charge in [-0.1, -0.05) is 62.4 Å². The zero-order valence-corrected chi connectivity index (χ0v) is 23.0. The van der Waals surface area contributed by atoms with Crippen molar-refractivity contribution in [1.29, 1.82) is 0 Å². The van der Waals surface area contributed by atoms with Crippen molar-refractivity contribution >= 4 is 22.7 Å². The summed E-state index contributed by atoms with van der Waals surface area (Å²) in [5, 5.41) is -0.272. The normalized spacial score (nSPS) is 17.3. The SMILES string of the molecule is CCCc1cc(Oc2ccccc2)ccc1OCCCCOc1ccc(C2SC(=O)C(CC)CC2=O)cc1.[HH]. The summed E-state index contributed by atoms with van der Waals surface area (Å²) in [4.78, 5) is 24.7. The van der Waals surface area contributed by atoms with Gasteiger partial charge in [0.25, 0.3) is 0 Å². The first-order valence-electron chi connectivity index (χ1n) is 13.5. The van der Waals surface area contributed by atoms with E-state index >= 15 is 0 Å². The molecule has 1 saturated heterocycles. The Morgan fingerprint density at radius 3 is 2.26 bits per heavy atom. The van der Waals surface area contributed by atoms with Gasteiger partial charge >= 0.3 is 0 Å². The molecule has 2 unspecified atom stereocenters. The van der Waals surface area contributed by atoms with Crippen LogP contribution in [0.3, 0.4) is 0 Å². The summed E-state index contributed by atoms with van der Waals surface area (Å²) in [5.41, 5.74) is 2.02. The molecule has 1 aliphatic heterocycles. The second-order valence-corrected chi connectivity index (χ2v) is 10.6. The van der Waals surface area contributed by atoms with Crippen molar-refractivity contribution in [3.8, 4) is 23.0 Å². The van der Waals surface area contributed by atoms with Gasteiger partial charge in [-0.15, -0.1) is 0 Å². The number of carbonyl (C=O) groups excluding carboxylic acids is 2. The molecule has 1 heterocycles. The molecule has 0 spiro atoms. The molecule has 0 N–H and O–H groups in total. The summed E-state index contributed by atoms with van der Waals surface area (Å²) in [6.07, 6.45) is 4.76. The molecule has 0 amide bonds. The topological polar surface area (TPSA) is 61.8 Å². The van der Waals surface area contributed by atoms with Crippen LogP contribution in [0, 0.1) is 5.92 Å². The zero-order valence-electron chi connectivity index (χ0n) is 22.2. The van der Waals surface area contributed by atoms with E-state index in [0.29, 0.717) is 19.6 Å². The van der Waals surface area contributed by atoms with E-state index in [-0.39, 0.29) is 18.2 Å². The predicted octanol–water partition coefficient (Wildman–Crippen LogP) is 8.22. The highest BCUT2D eigenvalue weighted by Gasteiger charge is 2.35. The standard InChI is InChI=1S/C32H36O5S.H2/c1-3-10-25-21-28(37-27-11-6-5-7-12-27)17-18-30(25)36-20-9-8-19-35-26-15-13-24(14-16-26)31-29(33)22-23(4-2)32(34)38-31;/h5-7,11-18,21,23,31H,3-4,8-10,19-20,22H2,1-2H3;1H. The molecule has 0 aromatic heterocycles. The molecule has 0 aliphatic carbocycles. The Bertz CT molecular complexity index is 1200. The molecule has 5 nitrogen and oxygen atoms in total. The average molecular weight is 535 g/mol. The van der Waals surface area contributed by atoms with Gasteiger partial charge in [0, 0.05) is 13.8 Å². The Balaban J connectivity index is 0.00000420. The highest BCUT2D eigenvalue weighted by atomic mass is 32.2. The summed E-state index contributed by atoms with van der Waals surface area (Å²) in [6, 6.07) is 23.3. The van der Waals surface area contributed by atoms with Gasteiger partial charge < -0.3 is 14.2 Å².